The van der Waals surface area contributed by atoms with E-state index >= 15 is 0 Å². The van der Waals surface area contributed by atoms with Gasteiger partial charge >= 0.3 is 0 Å². The molecule has 1 aliphatic rings. The molecule has 0 saturated heterocycles. The zero-order chi connectivity index (χ0) is 28.9. The highest BCUT2D eigenvalue weighted by Crippen LogP contribution is 2.33. The number of aldehydes is 1. The molecule has 0 spiro atoms. The Bertz CT molecular complexity index is 1600. The quantitative estimate of drug-likeness (QED) is 0.239. The van der Waals surface area contributed by atoms with E-state index in [4.69, 9.17) is 4.74 Å². The number of hydrogen-bond donors (Lipinski definition) is 3. The number of phenolic OH excluding ortho intramolecular Hbond substituents is 1. The summed E-state index contributed by atoms with van der Waals surface area (Å²) in [5.41, 5.74) is 1.79. The molecule has 0 atom stereocenters. The molecule has 3 N–H and O–H groups in total. The van der Waals surface area contributed by atoms with Gasteiger partial charge in [0.05, 0.1) is 11.2 Å². The Kier molecular flexibility index (Phi) is 8.34. The number of halogens is 1. The summed E-state index contributed by atoms with van der Waals surface area (Å²) in [6, 6.07) is 12.2. The smallest absolute Gasteiger partial charge is 0.270 e. The second-order valence-corrected chi connectivity index (χ2v) is 10.8. The maximum atomic E-state index is 14.1. The summed E-state index contributed by atoms with van der Waals surface area (Å²) < 4.78 is 20.0. The summed E-state index contributed by atoms with van der Waals surface area (Å²) in [6.07, 6.45) is 4.25. The third kappa shape index (κ3) is 6.75. The lowest BCUT2D eigenvalue weighted by Crippen LogP contribution is -2.44. The molecule has 9 nitrogen and oxygen atoms in total. The summed E-state index contributed by atoms with van der Waals surface area (Å²) in [7, 11) is 0. The minimum atomic E-state index is -0.680. The van der Waals surface area contributed by atoms with E-state index in [-0.39, 0.29) is 35.2 Å². The van der Waals surface area contributed by atoms with Crippen molar-refractivity contribution in [1.29, 1.82) is 0 Å². The number of hydrogen-bond acceptors (Lipinski definition) is 8. The van der Waals surface area contributed by atoms with Crippen LogP contribution in [0.15, 0.2) is 60.1 Å². The summed E-state index contributed by atoms with van der Waals surface area (Å²) in [5.74, 6) is -1.22. The third-order valence-corrected chi connectivity index (χ3v) is 7.60. The molecule has 2 aromatic carbocycles. The Morgan fingerprint density at radius 1 is 1.05 bits per heavy atom. The Labute approximate surface area is 239 Å². The van der Waals surface area contributed by atoms with E-state index in [9.17, 15) is 23.9 Å². The van der Waals surface area contributed by atoms with Crippen LogP contribution in [0.1, 0.15) is 61.9 Å². The van der Waals surface area contributed by atoms with Crippen molar-refractivity contribution in [2.45, 2.75) is 44.7 Å². The van der Waals surface area contributed by atoms with E-state index in [0.29, 0.717) is 60.1 Å². The minimum absolute atomic E-state index is 0.0197. The molecule has 4 aromatic rings. The number of amides is 2. The van der Waals surface area contributed by atoms with E-state index in [1.165, 1.54) is 17.4 Å². The summed E-state index contributed by atoms with van der Waals surface area (Å²) in [4.78, 5) is 44.8. The van der Waals surface area contributed by atoms with Gasteiger partial charge in [-0.1, -0.05) is 18.2 Å². The number of carbonyl (C=O) groups excluding carboxylic acids is 3. The predicted molar refractivity (Wildman–Crippen MR) is 151 cm³/mol. The molecular formula is C30H27FN4O5S. The van der Waals surface area contributed by atoms with Crippen LogP contribution in [0.2, 0.25) is 0 Å². The standard InChI is InChI=1S/C30H27FN4O5S/c1-17-33-26(16-41-17)29(39)35-22-8-6-21(7-9-22)34-28(38)25-13-20(31)14-32-30(25)40-23-4-2-3-19(12-23)24-10-5-18(15-36)11-27(24)37/h2-5,10-16,21-22,37H,6-9H2,1H3,(H,34,38)(H,35,39)/t21-,22-. The van der Waals surface area contributed by atoms with Gasteiger partial charge in [-0.2, -0.15) is 0 Å². The highest BCUT2D eigenvalue weighted by atomic mass is 32.1. The molecule has 0 aliphatic heterocycles. The Morgan fingerprint density at radius 2 is 1.78 bits per heavy atom. The van der Waals surface area contributed by atoms with Gasteiger partial charge in [-0.25, -0.2) is 14.4 Å². The lowest BCUT2D eigenvalue weighted by atomic mass is 9.91. The van der Waals surface area contributed by atoms with Crippen molar-refractivity contribution in [3.63, 3.8) is 0 Å². The van der Waals surface area contributed by atoms with Gasteiger partial charge < -0.3 is 20.5 Å². The number of pyridine rings is 1. The average Bonchev–Trinajstić information content (AvgIpc) is 3.41. The number of aryl methyl sites for hydroxylation is 1. The van der Waals surface area contributed by atoms with Gasteiger partial charge in [0.1, 0.15) is 34.9 Å². The number of thiazole rings is 1. The predicted octanol–water partition coefficient (Wildman–Crippen LogP) is 5.43. The number of benzene rings is 2. The molecular weight excluding hydrogens is 547 g/mol. The normalized spacial score (nSPS) is 16.5. The maximum Gasteiger partial charge on any atom is 0.270 e. The van der Waals surface area contributed by atoms with E-state index in [0.717, 1.165) is 17.3 Å². The molecule has 0 bridgehead atoms. The molecule has 0 radical (unpaired) electrons. The van der Waals surface area contributed by atoms with Gasteiger partial charge in [0, 0.05) is 28.6 Å². The number of nitrogens with zero attached hydrogens (tertiary/aromatic N) is 2. The van der Waals surface area contributed by atoms with Crippen molar-refractivity contribution in [1.82, 2.24) is 20.6 Å². The van der Waals surface area contributed by atoms with Crippen LogP contribution in [-0.2, 0) is 0 Å². The SMILES string of the molecule is Cc1nc(C(=O)N[C@H]2CC[C@H](NC(=O)c3cc(F)cnc3Oc3cccc(-c4ccc(C=O)cc4O)c3)CC2)cs1. The van der Waals surface area contributed by atoms with E-state index in [1.54, 1.807) is 41.8 Å². The van der Waals surface area contributed by atoms with E-state index < -0.39 is 11.7 Å². The van der Waals surface area contributed by atoms with Crippen LogP contribution >= 0.6 is 11.3 Å². The topological polar surface area (TPSA) is 131 Å². The highest BCUT2D eigenvalue weighted by molar-refractivity contribution is 7.09. The first-order valence-electron chi connectivity index (χ1n) is 13.0. The zero-order valence-corrected chi connectivity index (χ0v) is 22.9. The van der Waals surface area contributed by atoms with Crippen LogP contribution < -0.4 is 15.4 Å². The molecule has 1 fully saturated rings. The first kappa shape index (κ1) is 27.9. The largest absolute Gasteiger partial charge is 0.507 e. The number of rotatable bonds is 8. The van der Waals surface area contributed by atoms with Crippen molar-refractivity contribution in [2.75, 3.05) is 0 Å². The monoisotopic (exact) mass is 574 g/mol. The van der Waals surface area contributed by atoms with Crippen LogP contribution in [-0.4, -0.2) is 45.3 Å². The first-order chi connectivity index (χ1) is 19.8. The Hall–Kier alpha value is -4.64. The zero-order valence-electron chi connectivity index (χ0n) is 22.1. The molecule has 2 heterocycles. The second kappa shape index (κ2) is 12.3. The van der Waals surface area contributed by atoms with Crippen molar-refractivity contribution in [3.8, 4) is 28.5 Å². The lowest BCUT2D eigenvalue weighted by molar-refractivity contribution is 0.0888. The summed E-state index contributed by atoms with van der Waals surface area (Å²) in [5, 5.41) is 18.8. The van der Waals surface area contributed by atoms with Gasteiger partial charge in [0.2, 0.25) is 5.88 Å². The van der Waals surface area contributed by atoms with Crippen LogP contribution in [0.5, 0.6) is 17.4 Å². The molecule has 41 heavy (non-hydrogen) atoms. The molecule has 1 aliphatic carbocycles. The molecule has 210 valence electrons. The van der Waals surface area contributed by atoms with E-state index in [2.05, 4.69) is 20.6 Å². The number of nitrogens with one attached hydrogen (secondary N) is 2. The van der Waals surface area contributed by atoms with Gasteiger partial charge in [-0.3, -0.25) is 14.4 Å². The molecule has 2 aromatic heterocycles. The number of aromatic hydroxyl groups is 1. The van der Waals surface area contributed by atoms with Crippen LogP contribution in [0, 0.1) is 12.7 Å². The fourth-order valence-corrected chi connectivity index (χ4v) is 5.34. The van der Waals surface area contributed by atoms with Gasteiger partial charge in [0.15, 0.2) is 0 Å². The van der Waals surface area contributed by atoms with E-state index in [1.807, 2.05) is 6.92 Å². The second-order valence-electron chi connectivity index (χ2n) is 9.78. The average molecular weight is 575 g/mol. The molecule has 5 rings (SSSR count). The molecule has 2 amide bonds. The molecule has 1 saturated carbocycles. The first-order valence-corrected chi connectivity index (χ1v) is 13.9. The van der Waals surface area contributed by atoms with Crippen LogP contribution in [0.4, 0.5) is 4.39 Å². The Morgan fingerprint density at radius 3 is 2.44 bits per heavy atom. The summed E-state index contributed by atoms with van der Waals surface area (Å²) >= 11 is 1.42. The highest BCUT2D eigenvalue weighted by Gasteiger charge is 2.26. The van der Waals surface area contributed by atoms with Crippen LogP contribution in [0.25, 0.3) is 11.1 Å². The van der Waals surface area contributed by atoms with Crippen molar-refractivity contribution < 1.29 is 28.6 Å². The number of carbonyl (C=O) groups is 3. The van der Waals surface area contributed by atoms with Crippen LogP contribution in [0.3, 0.4) is 0 Å². The number of ether oxygens (including phenoxy) is 1. The van der Waals surface area contributed by atoms with Crippen molar-refractivity contribution >= 4 is 29.4 Å². The van der Waals surface area contributed by atoms with Gasteiger partial charge in [-0.15, -0.1) is 11.3 Å². The fourth-order valence-electron chi connectivity index (χ4n) is 4.75. The molecule has 0 unspecified atom stereocenters. The Balaban J connectivity index is 1.24. The number of phenols is 1. The lowest BCUT2D eigenvalue weighted by Gasteiger charge is -2.29. The van der Waals surface area contributed by atoms with Crippen molar-refractivity contribution in [2.24, 2.45) is 0 Å². The molecule has 11 heteroatoms. The number of aromatic nitrogens is 2. The third-order valence-electron chi connectivity index (χ3n) is 6.83. The minimum Gasteiger partial charge on any atom is -0.507 e. The van der Waals surface area contributed by atoms with Gasteiger partial charge in [0.25, 0.3) is 11.8 Å². The summed E-state index contributed by atoms with van der Waals surface area (Å²) in [6.45, 7) is 1.85. The fraction of sp³-hybridized carbons (Fsp3) is 0.233. The maximum absolute atomic E-state index is 14.1. The van der Waals surface area contributed by atoms with Crippen molar-refractivity contribution in [3.05, 3.63) is 87.8 Å². The van der Waals surface area contributed by atoms with Gasteiger partial charge in [-0.05, 0) is 68.5 Å².